The topological polar surface area (TPSA) is 57.0 Å². The summed E-state index contributed by atoms with van der Waals surface area (Å²) < 4.78 is 16.4. The third-order valence-corrected chi connectivity index (χ3v) is 4.46. The number of fused-ring (bicyclic) bond motifs is 1. The number of rotatable bonds is 3. The van der Waals surface area contributed by atoms with Crippen LogP contribution in [0.1, 0.15) is 18.0 Å². The van der Waals surface area contributed by atoms with Crippen molar-refractivity contribution in [2.75, 3.05) is 34.0 Å². The molecule has 110 valence electrons. The minimum absolute atomic E-state index is 0.202. The van der Waals surface area contributed by atoms with Gasteiger partial charge in [-0.05, 0) is 32.0 Å². The summed E-state index contributed by atoms with van der Waals surface area (Å²) in [6, 6.07) is 2.22. The highest BCUT2D eigenvalue weighted by atomic mass is 35.5. The molecule has 2 atom stereocenters. The van der Waals surface area contributed by atoms with Crippen molar-refractivity contribution in [3.8, 4) is 17.2 Å². The van der Waals surface area contributed by atoms with Gasteiger partial charge < -0.3 is 19.9 Å². The minimum atomic E-state index is 0.202. The van der Waals surface area contributed by atoms with E-state index in [4.69, 9.17) is 31.5 Å². The molecular formula is C14H19ClN2O3. The highest BCUT2D eigenvalue weighted by Gasteiger charge is 2.34. The van der Waals surface area contributed by atoms with Crippen molar-refractivity contribution < 1.29 is 14.2 Å². The van der Waals surface area contributed by atoms with Crippen LogP contribution < -0.4 is 19.9 Å². The average molecular weight is 299 g/mol. The van der Waals surface area contributed by atoms with Crippen LogP contribution in [-0.4, -0.2) is 38.9 Å². The molecule has 2 heterocycles. The van der Waals surface area contributed by atoms with Gasteiger partial charge >= 0.3 is 0 Å². The van der Waals surface area contributed by atoms with E-state index in [1.54, 1.807) is 7.11 Å². The summed E-state index contributed by atoms with van der Waals surface area (Å²) >= 11 is 6.38. The van der Waals surface area contributed by atoms with Gasteiger partial charge in [-0.1, -0.05) is 11.6 Å². The number of likely N-dealkylation sites (tertiary alicyclic amines) is 1. The van der Waals surface area contributed by atoms with Gasteiger partial charge in [-0.15, -0.1) is 0 Å². The fraction of sp³-hybridized carbons (Fsp3) is 0.571. The van der Waals surface area contributed by atoms with E-state index < -0.39 is 0 Å². The van der Waals surface area contributed by atoms with Crippen molar-refractivity contribution in [3.05, 3.63) is 16.7 Å². The van der Waals surface area contributed by atoms with Crippen LogP contribution in [0.4, 0.5) is 0 Å². The number of nitrogens with zero attached hydrogens (tertiary/aromatic N) is 1. The Labute approximate surface area is 123 Å². The molecule has 1 fully saturated rings. The number of nitrogens with two attached hydrogens (primary N) is 1. The molecule has 1 aromatic rings. The van der Waals surface area contributed by atoms with Crippen molar-refractivity contribution in [3.63, 3.8) is 0 Å². The van der Waals surface area contributed by atoms with Crippen LogP contribution in [0.5, 0.6) is 17.2 Å². The maximum Gasteiger partial charge on any atom is 0.231 e. The summed E-state index contributed by atoms with van der Waals surface area (Å²) in [6.45, 7) is 1.88. The number of methoxy groups -OCH3 is 1. The molecule has 0 saturated carbocycles. The molecule has 5 nitrogen and oxygen atoms in total. The Hall–Kier alpha value is -1.17. The van der Waals surface area contributed by atoms with Crippen molar-refractivity contribution in [1.82, 2.24) is 4.90 Å². The van der Waals surface area contributed by atoms with Crippen LogP contribution in [0.2, 0.25) is 5.02 Å². The summed E-state index contributed by atoms with van der Waals surface area (Å²) in [5.41, 5.74) is 6.84. The van der Waals surface area contributed by atoms with Gasteiger partial charge in [0.25, 0.3) is 0 Å². The van der Waals surface area contributed by atoms with Gasteiger partial charge in [-0.3, -0.25) is 4.90 Å². The molecule has 2 unspecified atom stereocenters. The Kier molecular flexibility index (Phi) is 3.67. The van der Waals surface area contributed by atoms with E-state index in [2.05, 4.69) is 11.9 Å². The third kappa shape index (κ3) is 2.10. The first kappa shape index (κ1) is 13.8. The smallest absolute Gasteiger partial charge is 0.231 e. The van der Waals surface area contributed by atoms with Gasteiger partial charge in [0, 0.05) is 18.2 Å². The molecule has 6 heteroatoms. The zero-order valence-corrected chi connectivity index (χ0v) is 12.4. The lowest BCUT2D eigenvalue weighted by atomic mass is 9.98. The van der Waals surface area contributed by atoms with Gasteiger partial charge in [-0.25, -0.2) is 0 Å². The van der Waals surface area contributed by atoms with Gasteiger partial charge in [0.1, 0.15) is 10.8 Å². The predicted octanol–water partition coefficient (Wildman–Crippen LogP) is 2.03. The Balaban J connectivity index is 2.03. The van der Waals surface area contributed by atoms with E-state index in [1.807, 2.05) is 6.07 Å². The minimum Gasteiger partial charge on any atom is -0.495 e. The summed E-state index contributed by atoms with van der Waals surface area (Å²) in [6.07, 6.45) is 0.999. The molecule has 3 rings (SSSR count). The van der Waals surface area contributed by atoms with Crippen molar-refractivity contribution in [2.24, 2.45) is 11.7 Å². The van der Waals surface area contributed by atoms with Crippen LogP contribution in [0.25, 0.3) is 0 Å². The molecule has 0 aliphatic carbocycles. The maximum atomic E-state index is 6.38. The van der Waals surface area contributed by atoms with Gasteiger partial charge in [0.05, 0.1) is 7.11 Å². The molecule has 0 spiro atoms. The second-order valence-corrected chi connectivity index (χ2v) is 5.72. The summed E-state index contributed by atoms with van der Waals surface area (Å²) in [5, 5.41) is 0.488. The van der Waals surface area contributed by atoms with Crippen LogP contribution in [0, 0.1) is 5.92 Å². The Morgan fingerprint density at radius 3 is 2.95 bits per heavy atom. The van der Waals surface area contributed by atoms with Crippen LogP contribution in [0.3, 0.4) is 0 Å². The molecule has 1 saturated heterocycles. The van der Waals surface area contributed by atoms with Crippen LogP contribution >= 0.6 is 11.6 Å². The van der Waals surface area contributed by atoms with E-state index in [0.717, 1.165) is 18.5 Å². The normalized spacial score (nSPS) is 25.2. The van der Waals surface area contributed by atoms with Crippen molar-refractivity contribution >= 4 is 11.6 Å². The quantitative estimate of drug-likeness (QED) is 0.925. The lowest BCUT2D eigenvalue weighted by Crippen LogP contribution is -2.20. The van der Waals surface area contributed by atoms with E-state index in [9.17, 15) is 0 Å². The fourth-order valence-corrected chi connectivity index (χ4v) is 3.43. The Morgan fingerprint density at radius 1 is 1.50 bits per heavy atom. The number of ether oxygens (including phenoxy) is 3. The highest BCUT2D eigenvalue weighted by molar-refractivity contribution is 6.34. The number of halogens is 1. The zero-order chi connectivity index (χ0) is 14.3. The van der Waals surface area contributed by atoms with E-state index >= 15 is 0 Å². The molecule has 1 aromatic carbocycles. The van der Waals surface area contributed by atoms with Gasteiger partial charge in [0.15, 0.2) is 11.5 Å². The SMILES string of the molecule is COc1c(C2CC(CN)CN2C)cc2c(c1Cl)OCO2. The molecule has 0 bridgehead atoms. The lowest BCUT2D eigenvalue weighted by Gasteiger charge is -2.23. The molecule has 20 heavy (non-hydrogen) atoms. The molecule has 0 amide bonds. The summed E-state index contributed by atoms with van der Waals surface area (Å²) in [5.74, 6) is 2.43. The Bertz CT molecular complexity index is 524. The summed E-state index contributed by atoms with van der Waals surface area (Å²) in [4.78, 5) is 2.29. The van der Waals surface area contributed by atoms with Crippen molar-refractivity contribution in [1.29, 1.82) is 0 Å². The molecule has 0 radical (unpaired) electrons. The van der Waals surface area contributed by atoms with E-state index in [1.165, 1.54) is 0 Å². The molecule has 2 aliphatic rings. The van der Waals surface area contributed by atoms with Gasteiger partial charge in [0.2, 0.25) is 6.79 Å². The average Bonchev–Trinajstić information content (AvgIpc) is 3.04. The largest absolute Gasteiger partial charge is 0.495 e. The monoisotopic (exact) mass is 298 g/mol. The van der Waals surface area contributed by atoms with E-state index in [0.29, 0.717) is 34.7 Å². The first-order valence-electron chi connectivity index (χ1n) is 6.72. The lowest BCUT2D eigenvalue weighted by molar-refractivity contribution is 0.174. The first-order chi connectivity index (χ1) is 9.65. The first-order valence-corrected chi connectivity index (χ1v) is 7.09. The second kappa shape index (κ2) is 5.31. The number of hydrogen-bond donors (Lipinski definition) is 1. The standard InChI is InChI=1S/C14H19ClN2O3/c1-17-6-8(5-16)3-10(17)9-4-11-14(20-7-19-11)12(15)13(9)18-2/h4,8,10H,3,5-7,16H2,1-2H3. The van der Waals surface area contributed by atoms with Crippen LogP contribution in [0.15, 0.2) is 6.07 Å². The zero-order valence-electron chi connectivity index (χ0n) is 11.7. The third-order valence-electron chi connectivity index (χ3n) is 4.12. The number of hydrogen-bond acceptors (Lipinski definition) is 5. The molecule has 2 aliphatic heterocycles. The summed E-state index contributed by atoms with van der Waals surface area (Å²) in [7, 11) is 3.72. The highest BCUT2D eigenvalue weighted by Crippen LogP contribution is 2.50. The van der Waals surface area contributed by atoms with E-state index in [-0.39, 0.29) is 12.8 Å². The fourth-order valence-electron chi connectivity index (χ4n) is 3.10. The second-order valence-electron chi connectivity index (χ2n) is 5.34. The predicted molar refractivity (Wildman–Crippen MR) is 76.7 cm³/mol. The Morgan fingerprint density at radius 2 is 2.30 bits per heavy atom. The van der Waals surface area contributed by atoms with Gasteiger partial charge in [-0.2, -0.15) is 0 Å². The molecular weight excluding hydrogens is 280 g/mol. The number of benzene rings is 1. The maximum absolute atomic E-state index is 6.38. The van der Waals surface area contributed by atoms with Crippen LogP contribution in [-0.2, 0) is 0 Å². The molecule has 2 N–H and O–H groups in total. The molecule has 0 aromatic heterocycles. The van der Waals surface area contributed by atoms with Crippen molar-refractivity contribution in [2.45, 2.75) is 12.5 Å².